The average molecular weight is 484 g/mol. The summed E-state index contributed by atoms with van der Waals surface area (Å²) in [5.41, 5.74) is 1.09. The van der Waals surface area contributed by atoms with Gasteiger partial charge in [0, 0.05) is 30.4 Å². The van der Waals surface area contributed by atoms with Crippen molar-refractivity contribution < 1.29 is 23.8 Å². The average Bonchev–Trinajstić information content (AvgIpc) is 3.45. The lowest BCUT2D eigenvalue weighted by Gasteiger charge is -2.33. The normalized spacial score (nSPS) is 16.0. The minimum Gasteiger partial charge on any atom is -0.493 e. The van der Waals surface area contributed by atoms with Crippen LogP contribution in [0.4, 0.5) is 15.0 Å². The van der Waals surface area contributed by atoms with Crippen molar-refractivity contribution in [2.45, 2.75) is 51.6 Å². The number of anilines is 1. The van der Waals surface area contributed by atoms with Gasteiger partial charge in [0.1, 0.15) is 17.4 Å². The van der Waals surface area contributed by atoms with Crippen molar-refractivity contribution in [3.8, 4) is 5.75 Å². The highest BCUT2D eigenvalue weighted by Crippen LogP contribution is 2.40. The van der Waals surface area contributed by atoms with Crippen LogP contribution in [0.3, 0.4) is 0 Å². The van der Waals surface area contributed by atoms with Crippen LogP contribution in [0, 0.1) is 5.82 Å². The van der Waals surface area contributed by atoms with Crippen molar-refractivity contribution in [3.05, 3.63) is 53.6 Å². The molecule has 1 N–H and O–H groups in total. The second kappa shape index (κ2) is 9.89. The fraction of sp³-hybridized carbons (Fsp3) is 0.440. The number of ether oxygens (including phenoxy) is 1. The highest BCUT2D eigenvalue weighted by Gasteiger charge is 2.30. The maximum absolute atomic E-state index is 14.3. The van der Waals surface area contributed by atoms with Gasteiger partial charge in [0.25, 0.3) is 0 Å². The summed E-state index contributed by atoms with van der Waals surface area (Å²) in [6.07, 6.45) is 5.18. The second-order valence-electron chi connectivity index (χ2n) is 9.61. The molecule has 35 heavy (non-hydrogen) atoms. The molecule has 0 spiro atoms. The maximum atomic E-state index is 14.3. The van der Waals surface area contributed by atoms with E-state index in [1.54, 1.807) is 16.8 Å². The van der Waals surface area contributed by atoms with Gasteiger partial charge in [-0.2, -0.15) is 5.10 Å². The van der Waals surface area contributed by atoms with Crippen molar-refractivity contribution in [1.29, 1.82) is 0 Å². The predicted octanol–water partition coefficient (Wildman–Crippen LogP) is 4.57. The summed E-state index contributed by atoms with van der Waals surface area (Å²) < 4.78 is 21.9. The van der Waals surface area contributed by atoms with Crippen LogP contribution in [0.25, 0.3) is 5.65 Å². The molecule has 0 unspecified atom stereocenters. The molecule has 0 saturated carbocycles. The quantitative estimate of drug-likeness (QED) is 0.370. The van der Waals surface area contributed by atoms with Crippen LogP contribution in [0.1, 0.15) is 62.0 Å². The molecule has 9 nitrogen and oxygen atoms in total. The Morgan fingerprint density at radius 2 is 2.14 bits per heavy atom. The fourth-order valence-corrected chi connectivity index (χ4v) is 4.52. The van der Waals surface area contributed by atoms with E-state index in [-0.39, 0.29) is 11.9 Å². The van der Waals surface area contributed by atoms with E-state index in [1.165, 1.54) is 23.2 Å². The van der Waals surface area contributed by atoms with E-state index in [0.29, 0.717) is 42.4 Å². The Morgan fingerprint density at radius 1 is 1.34 bits per heavy atom. The van der Waals surface area contributed by atoms with Gasteiger partial charge in [0.2, 0.25) is 0 Å². The molecule has 10 heteroatoms. The summed E-state index contributed by atoms with van der Waals surface area (Å²) in [6.45, 7) is 6.91. The monoisotopic (exact) mass is 483 g/mol. The predicted molar refractivity (Wildman–Crippen MR) is 129 cm³/mol. The zero-order chi connectivity index (χ0) is 25.2. The Balaban J connectivity index is 1.53. The number of carboxylic acid groups (broad SMARTS) is 1. The van der Waals surface area contributed by atoms with E-state index in [4.69, 9.17) is 4.74 Å². The lowest BCUT2D eigenvalue weighted by molar-refractivity contribution is 0.0960. The molecular weight excluding hydrogens is 453 g/mol. The van der Waals surface area contributed by atoms with E-state index >= 15 is 0 Å². The molecule has 1 fully saturated rings. The molecule has 0 bridgehead atoms. The Labute approximate surface area is 203 Å². The lowest BCUT2D eigenvalue weighted by atomic mass is 10.0. The summed E-state index contributed by atoms with van der Waals surface area (Å²) in [6, 6.07) is 6.16. The van der Waals surface area contributed by atoms with Gasteiger partial charge in [-0.15, -0.1) is 0 Å². The third-order valence-electron chi connectivity index (χ3n) is 6.21. The number of aldehydes is 1. The second-order valence-corrected chi connectivity index (χ2v) is 9.61. The summed E-state index contributed by atoms with van der Waals surface area (Å²) in [5, 5.41) is 13.6. The number of aromatic nitrogens is 3. The van der Waals surface area contributed by atoms with Crippen molar-refractivity contribution >= 4 is 23.8 Å². The number of benzene rings is 1. The number of hydrogen-bond acceptors (Lipinski definition) is 6. The molecule has 186 valence electrons. The first-order valence-electron chi connectivity index (χ1n) is 11.7. The molecule has 2 aromatic heterocycles. The summed E-state index contributed by atoms with van der Waals surface area (Å²) >= 11 is 0. The van der Waals surface area contributed by atoms with Gasteiger partial charge in [-0.05, 0) is 64.3 Å². The molecule has 1 saturated heterocycles. The highest BCUT2D eigenvalue weighted by atomic mass is 19.1. The number of fused-ring (bicyclic) bond motifs is 1. The number of hydrogen-bond donors (Lipinski definition) is 1. The molecule has 3 aromatic rings. The number of nitrogens with zero attached hydrogens (tertiary/aromatic N) is 5. The van der Waals surface area contributed by atoms with Gasteiger partial charge >= 0.3 is 6.09 Å². The molecule has 1 aliphatic heterocycles. The van der Waals surface area contributed by atoms with Crippen LogP contribution in [0.2, 0.25) is 0 Å². The topological polar surface area (TPSA) is 100 Å². The minimum atomic E-state index is -0.970. The van der Waals surface area contributed by atoms with E-state index in [0.717, 1.165) is 31.2 Å². The summed E-state index contributed by atoms with van der Waals surface area (Å²) in [5.74, 6) is 0.896. The SMILES string of the molecule is CC(C)(C)N(CCCOc1ccc(F)cc1[C@H]1CCCN1c1ccn2ncc(C=O)c2n1)C(=O)O. The van der Waals surface area contributed by atoms with Crippen molar-refractivity contribution in [2.24, 2.45) is 0 Å². The van der Waals surface area contributed by atoms with E-state index < -0.39 is 11.6 Å². The molecule has 4 rings (SSSR count). The van der Waals surface area contributed by atoms with Crippen LogP contribution in [-0.4, -0.2) is 62.2 Å². The van der Waals surface area contributed by atoms with E-state index in [1.807, 2.05) is 26.8 Å². The Morgan fingerprint density at radius 3 is 2.86 bits per heavy atom. The van der Waals surface area contributed by atoms with Crippen molar-refractivity contribution in [1.82, 2.24) is 19.5 Å². The van der Waals surface area contributed by atoms with Gasteiger partial charge < -0.3 is 19.6 Å². The third kappa shape index (κ3) is 5.21. The van der Waals surface area contributed by atoms with Crippen LogP contribution < -0.4 is 9.64 Å². The standard InChI is InChI=1S/C25H30FN5O4/c1-25(2,3)30(24(33)34)11-5-13-35-21-8-7-18(26)14-19(21)20-6-4-10-29(20)22-9-12-31-23(28-22)17(16-32)15-27-31/h7-9,12,14-16,20H,4-6,10-11,13H2,1-3H3,(H,33,34)/t20-/m1/s1. The van der Waals surface area contributed by atoms with E-state index in [2.05, 4.69) is 15.0 Å². The number of halogens is 1. The van der Waals surface area contributed by atoms with Gasteiger partial charge in [-0.3, -0.25) is 4.79 Å². The molecular formula is C25H30FN5O4. The fourth-order valence-electron chi connectivity index (χ4n) is 4.52. The van der Waals surface area contributed by atoms with Crippen LogP contribution >= 0.6 is 0 Å². The van der Waals surface area contributed by atoms with Gasteiger partial charge in [0.15, 0.2) is 11.9 Å². The molecule has 1 atom stereocenters. The molecule has 1 aromatic carbocycles. The van der Waals surface area contributed by atoms with Gasteiger partial charge in [-0.1, -0.05) is 0 Å². The minimum absolute atomic E-state index is 0.150. The first kappa shape index (κ1) is 24.4. The molecule has 1 aliphatic rings. The van der Waals surface area contributed by atoms with Crippen LogP contribution in [-0.2, 0) is 0 Å². The molecule has 1 amide bonds. The van der Waals surface area contributed by atoms with Gasteiger partial charge in [0.05, 0.1) is 24.4 Å². The number of amides is 1. The first-order chi connectivity index (χ1) is 16.7. The molecule has 0 aliphatic carbocycles. The zero-order valence-corrected chi connectivity index (χ0v) is 20.1. The third-order valence-corrected chi connectivity index (χ3v) is 6.21. The van der Waals surface area contributed by atoms with Crippen molar-refractivity contribution in [3.63, 3.8) is 0 Å². The molecule has 3 heterocycles. The number of rotatable bonds is 8. The molecule has 0 radical (unpaired) electrons. The van der Waals surface area contributed by atoms with Crippen LogP contribution in [0.5, 0.6) is 5.75 Å². The largest absolute Gasteiger partial charge is 0.493 e. The Kier molecular flexibility index (Phi) is 6.90. The van der Waals surface area contributed by atoms with Gasteiger partial charge in [-0.25, -0.2) is 18.7 Å². The Hall–Kier alpha value is -3.69. The maximum Gasteiger partial charge on any atom is 0.407 e. The Bertz CT molecular complexity index is 1220. The highest BCUT2D eigenvalue weighted by molar-refractivity contribution is 5.84. The zero-order valence-electron chi connectivity index (χ0n) is 20.1. The lowest BCUT2D eigenvalue weighted by Crippen LogP contribution is -2.45. The van der Waals surface area contributed by atoms with Crippen molar-refractivity contribution in [2.75, 3.05) is 24.6 Å². The smallest absolute Gasteiger partial charge is 0.407 e. The van der Waals surface area contributed by atoms with Crippen LogP contribution in [0.15, 0.2) is 36.7 Å². The summed E-state index contributed by atoms with van der Waals surface area (Å²) in [4.78, 5) is 31.0. The first-order valence-corrected chi connectivity index (χ1v) is 11.7. The number of carbonyl (C=O) groups is 2. The number of carbonyl (C=O) groups excluding carboxylic acids is 1. The van der Waals surface area contributed by atoms with E-state index in [9.17, 15) is 19.1 Å². The summed E-state index contributed by atoms with van der Waals surface area (Å²) in [7, 11) is 0.